The van der Waals surface area contributed by atoms with Gasteiger partial charge in [-0.2, -0.15) is 0 Å². The summed E-state index contributed by atoms with van der Waals surface area (Å²) in [7, 11) is 2.46. The predicted octanol–water partition coefficient (Wildman–Crippen LogP) is 1.63. The van der Waals surface area contributed by atoms with Gasteiger partial charge in [0.05, 0.1) is 18.4 Å². The standard InChI is InChI=1S/C9H8ClFO5S/c1-14-6-2-7-9(16-4-15-7)5(8(6)11)3-17(10,12)13/h2H,3-4H2,1H3. The van der Waals surface area contributed by atoms with Crippen LogP contribution in [0.2, 0.25) is 0 Å². The summed E-state index contributed by atoms with van der Waals surface area (Å²) < 4.78 is 50.7. The molecule has 0 aliphatic carbocycles. The van der Waals surface area contributed by atoms with Crippen LogP contribution in [0.1, 0.15) is 5.56 Å². The maximum Gasteiger partial charge on any atom is 0.237 e. The average molecular weight is 283 g/mol. The van der Waals surface area contributed by atoms with Crippen LogP contribution in [-0.4, -0.2) is 22.3 Å². The molecule has 1 aromatic rings. The third kappa shape index (κ3) is 2.39. The lowest BCUT2D eigenvalue weighted by molar-refractivity contribution is 0.173. The van der Waals surface area contributed by atoms with E-state index in [0.29, 0.717) is 0 Å². The van der Waals surface area contributed by atoms with Crippen molar-refractivity contribution in [3.05, 3.63) is 17.4 Å². The normalized spacial score (nSPS) is 13.8. The highest BCUT2D eigenvalue weighted by Gasteiger charge is 2.27. The zero-order valence-electron chi connectivity index (χ0n) is 8.70. The fourth-order valence-electron chi connectivity index (χ4n) is 1.51. The summed E-state index contributed by atoms with van der Waals surface area (Å²) in [6, 6.07) is 1.29. The van der Waals surface area contributed by atoms with Crippen LogP contribution in [0.15, 0.2) is 6.07 Å². The van der Waals surface area contributed by atoms with Gasteiger partial charge < -0.3 is 14.2 Å². The second-order valence-corrected chi connectivity index (χ2v) is 6.07. The van der Waals surface area contributed by atoms with E-state index in [-0.39, 0.29) is 29.6 Å². The molecule has 1 aliphatic rings. The Balaban J connectivity index is 2.59. The fourth-order valence-corrected chi connectivity index (χ4v) is 2.44. The second-order valence-electron chi connectivity index (χ2n) is 3.29. The highest BCUT2D eigenvalue weighted by atomic mass is 35.7. The first kappa shape index (κ1) is 12.3. The maximum atomic E-state index is 13.9. The van der Waals surface area contributed by atoms with Crippen molar-refractivity contribution in [3.8, 4) is 17.2 Å². The van der Waals surface area contributed by atoms with Crippen LogP contribution in [0.25, 0.3) is 0 Å². The SMILES string of the molecule is COc1cc2c(c(CS(=O)(=O)Cl)c1F)OCO2. The number of ether oxygens (including phenoxy) is 3. The molecule has 0 unspecified atom stereocenters. The predicted molar refractivity (Wildman–Crippen MR) is 57.6 cm³/mol. The molecular formula is C9H8ClFO5S. The lowest BCUT2D eigenvalue weighted by Gasteiger charge is -2.09. The van der Waals surface area contributed by atoms with Crippen LogP contribution in [0, 0.1) is 5.82 Å². The van der Waals surface area contributed by atoms with Gasteiger partial charge in [0, 0.05) is 16.7 Å². The van der Waals surface area contributed by atoms with E-state index in [4.69, 9.17) is 24.9 Å². The minimum Gasteiger partial charge on any atom is -0.494 e. The number of rotatable bonds is 3. The van der Waals surface area contributed by atoms with Crippen molar-refractivity contribution in [1.29, 1.82) is 0 Å². The molecule has 0 bridgehead atoms. The van der Waals surface area contributed by atoms with Crippen LogP contribution >= 0.6 is 10.7 Å². The van der Waals surface area contributed by atoms with Crippen molar-refractivity contribution in [2.75, 3.05) is 13.9 Å². The van der Waals surface area contributed by atoms with Gasteiger partial charge in [-0.1, -0.05) is 0 Å². The van der Waals surface area contributed by atoms with Crippen molar-refractivity contribution in [2.24, 2.45) is 0 Å². The van der Waals surface area contributed by atoms with E-state index < -0.39 is 20.6 Å². The van der Waals surface area contributed by atoms with Crippen molar-refractivity contribution in [1.82, 2.24) is 0 Å². The number of hydrogen-bond acceptors (Lipinski definition) is 5. The first-order chi connectivity index (χ1) is 7.92. The Kier molecular flexibility index (Phi) is 3.05. The van der Waals surface area contributed by atoms with Crippen molar-refractivity contribution < 1.29 is 27.0 Å². The molecule has 0 fully saturated rings. The van der Waals surface area contributed by atoms with Gasteiger partial charge in [-0.15, -0.1) is 0 Å². The monoisotopic (exact) mass is 282 g/mol. The average Bonchev–Trinajstić information content (AvgIpc) is 2.68. The summed E-state index contributed by atoms with van der Waals surface area (Å²) in [4.78, 5) is 0. The fraction of sp³-hybridized carbons (Fsp3) is 0.333. The first-order valence-electron chi connectivity index (χ1n) is 4.49. The number of benzene rings is 1. The Labute approximate surface area is 101 Å². The Hall–Kier alpha value is -1.21. The van der Waals surface area contributed by atoms with Gasteiger partial charge in [-0.05, 0) is 0 Å². The number of halogens is 2. The summed E-state index contributed by atoms with van der Waals surface area (Å²) in [6.45, 7) is -0.0999. The molecule has 2 rings (SSSR count). The van der Waals surface area contributed by atoms with E-state index >= 15 is 0 Å². The minimum atomic E-state index is -3.91. The van der Waals surface area contributed by atoms with Gasteiger partial charge in [-0.3, -0.25) is 0 Å². The van der Waals surface area contributed by atoms with Crippen molar-refractivity contribution in [2.45, 2.75) is 5.75 Å². The third-order valence-corrected chi connectivity index (χ3v) is 3.16. The molecule has 0 spiro atoms. The van der Waals surface area contributed by atoms with Gasteiger partial charge in [0.2, 0.25) is 15.8 Å². The van der Waals surface area contributed by atoms with Gasteiger partial charge >= 0.3 is 0 Å². The maximum absolute atomic E-state index is 13.9. The lowest BCUT2D eigenvalue weighted by atomic mass is 10.2. The molecule has 5 nitrogen and oxygen atoms in total. The molecule has 0 saturated heterocycles. The molecule has 1 aliphatic heterocycles. The quantitative estimate of drug-likeness (QED) is 0.789. The Morgan fingerprint density at radius 3 is 2.82 bits per heavy atom. The molecular weight excluding hydrogens is 275 g/mol. The van der Waals surface area contributed by atoms with Crippen LogP contribution in [-0.2, 0) is 14.8 Å². The van der Waals surface area contributed by atoms with Crippen LogP contribution < -0.4 is 14.2 Å². The van der Waals surface area contributed by atoms with Crippen LogP contribution in [0.3, 0.4) is 0 Å². The van der Waals surface area contributed by atoms with Gasteiger partial charge in [0.25, 0.3) is 0 Å². The zero-order chi connectivity index (χ0) is 12.6. The summed E-state index contributed by atoms with van der Waals surface area (Å²) >= 11 is 0. The number of methoxy groups -OCH3 is 1. The molecule has 1 aromatic carbocycles. The molecule has 0 N–H and O–H groups in total. The molecule has 8 heteroatoms. The number of fused-ring (bicyclic) bond motifs is 1. The van der Waals surface area contributed by atoms with E-state index in [1.54, 1.807) is 0 Å². The largest absolute Gasteiger partial charge is 0.494 e. The Morgan fingerprint density at radius 2 is 2.24 bits per heavy atom. The second kappa shape index (κ2) is 4.23. The molecule has 0 atom stereocenters. The topological polar surface area (TPSA) is 61.8 Å². The summed E-state index contributed by atoms with van der Waals surface area (Å²) in [5.41, 5.74) is -0.188. The van der Waals surface area contributed by atoms with Crippen molar-refractivity contribution in [3.63, 3.8) is 0 Å². The Bertz CT molecular complexity index is 556. The molecule has 1 heterocycles. The smallest absolute Gasteiger partial charge is 0.237 e. The lowest BCUT2D eigenvalue weighted by Crippen LogP contribution is -2.02. The molecule has 94 valence electrons. The van der Waals surface area contributed by atoms with E-state index in [1.807, 2.05) is 0 Å². The first-order valence-corrected chi connectivity index (χ1v) is 6.97. The highest BCUT2D eigenvalue weighted by Crippen LogP contribution is 2.42. The van der Waals surface area contributed by atoms with Gasteiger partial charge in [-0.25, -0.2) is 12.8 Å². The highest BCUT2D eigenvalue weighted by molar-refractivity contribution is 8.13. The third-order valence-electron chi connectivity index (χ3n) is 2.20. The molecule has 0 saturated carbocycles. The van der Waals surface area contributed by atoms with E-state index in [1.165, 1.54) is 13.2 Å². The van der Waals surface area contributed by atoms with E-state index in [0.717, 1.165) is 0 Å². The number of hydrogen-bond donors (Lipinski definition) is 0. The zero-order valence-corrected chi connectivity index (χ0v) is 10.3. The van der Waals surface area contributed by atoms with Crippen LogP contribution in [0.5, 0.6) is 17.2 Å². The molecule has 0 aromatic heterocycles. The minimum absolute atomic E-state index is 0.0486. The summed E-state index contributed by atoms with van der Waals surface area (Å²) in [5, 5.41) is 0. The molecule has 0 radical (unpaired) electrons. The molecule has 17 heavy (non-hydrogen) atoms. The van der Waals surface area contributed by atoms with E-state index in [2.05, 4.69) is 0 Å². The van der Waals surface area contributed by atoms with Gasteiger partial charge in [0.1, 0.15) is 0 Å². The van der Waals surface area contributed by atoms with Crippen LogP contribution in [0.4, 0.5) is 4.39 Å². The molecule has 0 amide bonds. The van der Waals surface area contributed by atoms with Gasteiger partial charge in [0.15, 0.2) is 23.1 Å². The van der Waals surface area contributed by atoms with E-state index in [9.17, 15) is 12.8 Å². The summed E-state index contributed by atoms with van der Waals surface area (Å²) in [5.74, 6) is -1.35. The summed E-state index contributed by atoms with van der Waals surface area (Å²) in [6.07, 6.45) is 0. The van der Waals surface area contributed by atoms with Crippen molar-refractivity contribution >= 4 is 19.7 Å². The Morgan fingerprint density at radius 1 is 1.53 bits per heavy atom.